The zero-order valence-electron chi connectivity index (χ0n) is 5.17. The summed E-state index contributed by atoms with van der Waals surface area (Å²) in [5, 5.41) is 1.28. The van der Waals surface area contributed by atoms with Crippen LogP contribution in [-0.2, 0) is 0 Å². The number of nitrogens with zero attached hydrogens (tertiary/aromatic N) is 1. The number of hydrogen-bond acceptors (Lipinski definition) is 3. The zero-order chi connectivity index (χ0) is 6.53. The maximum Gasteiger partial charge on any atom is 0.0857 e. The van der Waals surface area contributed by atoms with E-state index in [9.17, 15) is 0 Å². The molecule has 0 aromatic carbocycles. The third-order valence-corrected chi connectivity index (χ3v) is 2.91. The van der Waals surface area contributed by atoms with Gasteiger partial charge < -0.3 is 0 Å². The molecule has 9 heavy (non-hydrogen) atoms. The van der Waals surface area contributed by atoms with Gasteiger partial charge in [0, 0.05) is 11.5 Å². The van der Waals surface area contributed by atoms with Gasteiger partial charge in [0.05, 0.1) is 10.9 Å². The van der Waals surface area contributed by atoms with E-state index in [4.69, 9.17) is 0 Å². The predicted octanol–water partition coefficient (Wildman–Crippen LogP) is 2.01. The van der Waals surface area contributed by atoms with Gasteiger partial charge in [-0.05, 0) is 0 Å². The molecule has 0 aromatic rings. The van der Waals surface area contributed by atoms with Crippen molar-refractivity contribution in [2.75, 3.05) is 17.4 Å². The molecule has 0 bridgehead atoms. The van der Waals surface area contributed by atoms with Crippen molar-refractivity contribution >= 4 is 28.6 Å². The highest BCUT2D eigenvalue weighted by molar-refractivity contribution is 8.16. The first kappa shape index (κ1) is 7.22. The summed E-state index contributed by atoms with van der Waals surface area (Å²) in [6.07, 6.45) is 1.91. The first-order valence-electron chi connectivity index (χ1n) is 2.78. The van der Waals surface area contributed by atoms with Crippen LogP contribution in [0.5, 0.6) is 0 Å². The number of aliphatic imine (C=N–C) groups is 1. The van der Waals surface area contributed by atoms with Gasteiger partial charge in [-0.1, -0.05) is 6.08 Å². The summed E-state index contributed by atoms with van der Waals surface area (Å²) in [6, 6.07) is 0. The van der Waals surface area contributed by atoms with Crippen LogP contribution in [0.1, 0.15) is 0 Å². The summed E-state index contributed by atoms with van der Waals surface area (Å²) in [5.74, 6) is 3.07. The molecule has 0 spiro atoms. The molecule has 1 aliphatic rings. The zero-order valence-corrected chi connectivity index (χ0v) is 6.80. The fraction of sp³-hybridized carbons (Fsp3) is 0.500. The Morgan fingerprint density at radius 1 is 1.89 bits per heavy atom. The van der Waals surface area contributed by atoms with Crippen molar-refractivity contribution in [2.45, 2.75) is 0 Å². The van der Waals surface area contributed by atoms with Crippen molar-refractivity contribution in [2.24, 2.45) is 4.99 Å². The van der Waals surface area contributed by atoms with Crippen LogP contribution in [0.4, 0.5) is 0 Å². The van der Waals surface area contributed by atoms with Gasteiger partial charge in [-0.15, -0.1) is 30.1 Å². The fourth-order valence-corrected chi connectivity index (χ4v) is 2.27. The molecule has 0 amide bonds. The smallest absolute Gasteiger partial charge is 0.0857 e. The highest BCUT2D eigenvalue weighted by Gasteiger charge is 2.04. The molecular formula is C6H9NS2. The average molecular weight is 159 g/mol. The molecule has 1 aliphatic heterocycles. The molecule has 0 unspecified atom stereocenters. The normalized spacial score (nSPS) is 17.6. The van der Waals surface area contributed by atoms with Crippen LogP contribution in [0.25, 0.3) is 0 Å². The standard InChI is InChI=1S/C6H9NS2/c1-2-3-9-6-4-8-5-7-6/h2H,1,3-5H2. The summed E-state index contributed by atoms with van der Waals surface area (Å²) in [4.78, 5) is 4.27. The second-order valence-corrected chi connectivity index (χ2v) is 3.68. The largest absolute Gasteiger partial charge is 0.271 e. The Morgan fingerprint density at radius 3 is 3.33 bits per heavy atom. The fourth-order valence-electron chi connectivity index (χ4n) is 0.539. The minimum Gasteiger partial charge on any atom is -0.271 e. The van der Waals surface area contributed by atoms with Crippen molar-refractivity contribution in [3.05, 3.63) is 12.7 Å². The Labute approximate surface area is 64.0 Å². The molecule has 0 aliphatic carbocycles. The van der Waals surface area contributed by atoms with Gasteiger partial charge in [0.1, 0.15) is 0 Å². The Morgan fingerprint density at radius 2 is 2.78 bits per heavy atom. The third-order valence-electron chi connectivity index (χ3n) is 0.926. The molecule has 3 heteroatoms. The third kappa shape index (κ3) is 2.45. The second-order valence-electron chi connectivity index (χ2n) is 1.63. The van der Waals surface area contributed by atoms with Crippen LogP contribution in [-0.4, -0.2) is 22.4 Å². The maximum atomic E-state index is 4.27. The highest BCUT2D eigenvalue weighted by atomic mass is 32.2. The van der Waals surface area contributed by atoms with Crippen LogP contribution >= 0.6 is 23.5 Å². The van der Waals surface area contributed by atoms with Crippen LogP contribution < -0.4 is 0 Å². The highest BCUT2D eigenvalue weighted by Crippen LogP contribution is 2.17. The van der Waals surface area contributed by atoms with Gasteiger partial charge in [0.2, 0.25) is 0 Å². The number of hydrogen-bond donors (Lipinski definition) is 0. The molecule has 0 aromatic heterocycles. The van der Waals surface area contributed by atoms with Crippen molar-refractivity contribution in [1.82, 2.24) is 0 Å². The van der Waals surface area contributed by atoms with Gasteiger partial charge in [-0.25, -0.2) is 0 Å². The molecule has 0 saturated carbocycles. The van der Waals surface area contributed by atoms with Crippen molar-refractivity contribution in [1.29, 1.82) is 0 Å². The van der Waals surface area contributed by atoms with Crippen molar-refractivity contribution in [3.8, 4) is 0 Å². The summed E-state index contributed by atoms with van der Waals surface area (Å²) < 4.78 is 0. The van der Waals surface area contributed by atoms with Crippen molar-refractivity contribution in [3.63, 3.8) is 0 Å². The topological polar surface area (TPSA) is 12.4 Å². The SMILES string of the molecule is C=CCSC1=NCSC1. The van der Waals surface area contributed by atoms with Crippen LogP contribution in [0.15, 0.2) is 17.6 Å². The summed E-state index contributed by atoms with van der Waals surface area (Å²) in [5.41, 5.74) is 0. The van der Waals surface area contributed by atoms with E-state index < -0.39 is 0 Å². The molecule has 0 fully saturated rings. The summed E-state index contributed by atoms with van der Waals surface area (Å²) in [7, 11) is 0. The maximum absolute atomic E-state index is 4.27. The van der Waals surface area contributed by atoms with Gasteiger partial charge >= 0.3 is 0 Å². The Hall–Kier alpha value is 0.110. The van der Waals surface area contributed by atoms with Crippen LogP contribution in [0.3, 0.4) is 0 Å². The molecular weight excluding hydrogens is 150 g/mol. The number of rotatable bonds is 2. The molecule has 1 heterocycles. The van der Waals surface area contributed by atoms with Crippen LogP contribution in [0, 0.1) is 0 Å². The van der Waals surface area contributed by atoms with Gasteiger partial charge in [0.25, 0.3) is 0 Å². The van der Waals surface area contributed by atoms with E-state index in [0.29, 0.717) is 0 Å². The Kier molecular flexibility index (Phi) is 3.22. The molecule has 0 atom stereocenters. The minimum atomic E-state index is 0.958. The monoisotopic (exact) mass is 159 g/mol. The quantitative estimate of drug-likeness (QED) is 0.571. The van der Waals surface area contributed by atoms with E-state index in [1.807, 2.05) is 17.8 Å². The lowest BCUT2D eigenvalue weighted by atomic mass is 10.8. The van der Waals surface area contributed by atoms with E-state index in [1.165, 1.54) is 5.04 Å². The van der Waals surface area contributed by atoms with E-state index >= 15 is 0 Å². The molecule has 0 saturated heterocycles. The molecule has 1 nitrogen and oxygen atoms in total. The van der Waals surface area contributed by atoms with Crippen LogP contribution in [0.2, 0.25) is 0 Å². The number of thioether (sulfide) groups is 2. The minimum absolute atomic E-state index is 0.958. The van der Waals surface area contributed by atoms with E-state index in [0.717, 1.165) is 17.4 Å². The van der Waals surface area contributed by atoms with E-state index in [1.54, 1.807) is 11.8 Å². The first-order chi connectivity index (χ1) is 4.43. The molecule has 1 rings (SSSR count). The predicted molar refractivity (Wildman–Crippen MR) is 47.4 cm³/mol. The van der Waals surface area contributed by atoms with Gasteiger partial charge in [-0.2, -0.15) is 0 Å². The van der Waals surface area contributed by atoms with E-state index in [2.05, 4.69) is 11.6 Å². The lowest BCUT2D eigenvalue weighted by Gasteiger charge is -1.91. The molecule has 0 N–H and O–H groups in total. The average Bonchev–Trinajstić information content (AvgIpc) is 2.34. The lowest BCUT2D eigenvalue weighted by Crippen LogP contribution is -1.89. The van der Waals surface area contributed by atoms with Gasteiger partial charge in [0.15, 0.2) is 0 Å². The lowest BCUT2D eigenvalue weighted by molar-refractivity contribution is 1.42. The first-order valence-corrected chi connectivity index (χ1v) is 4.92. The molecule has 0 radical (unpaired) electrons. The van der Waals surface area contributed by atoms with Gasteiger partial charge in [-0.3, -0.25) is 4.99 Å². The summed E-state index contributed by atoms with van der Waals surface area (Å²) >= 11 is 3.67. The van der Waals surface area contributed by atoms with Crippen molar-refractivity contribution < 1.29 is 0 Å². The van der Waals surface area contributed by atoms with E-state index in [-0.39, 0.29) is 0 Å². The Bertz CT molecular complexity index is 131. The summed E-state index contributed by atoms with van der Waals surface area (Å²) in [6.45, 7) is 3.64. The molecule has 50 valence electrons. The second kappa shape index (κ2) is 4.01. The Balaban J connectivity index is 2.18.